The number of pyridine rings is 2. The van der Waals surface area contributed by atoms with Gasteiger partial charge < -0.3 is 14.5 Å². The number of ether oxygens (including phenoxy) is 1. The lowest BCUT2D eigenvalue weighted by Crippen LogP contribution is -2.25. The maximum Gasteiger partial charge on any atom is 0.133 e. The second-order valence-corrected chi connectivity index (χ2v) is 10.7. The minimum Gasteiger partial charge on any atom is -0.457 e. The molecule has 2 aliphatic heterocycles. The Labute approximate surface area is 249 Å². The first-order chi connectivity index (χ1) is 22.2. The van der Waals surface area contributed by atoms with E-state index in [9.17, 15) is 0 Å². The molecule has 0 N–H and O–H groups in total. The van der Waals surface area contributed by atoms with Crippen LogP contribution in [0.4, 0.5) is 23.0 Å². The smallest absolute Gasteiger partial charge is 0.133 e. The molecule has 0 aliphatic carbocycles. The van der Waals surface area contributed by atoms with Gasteiger partial charge >= 0.3 is 0 Å². The zero-order valence-electron chi connectivity index (χ0n) is 28.3. The fourth-order valence-electron chi connectivity index (χ4n) is 5.85. The van der Waals surface area contributed by atoms with Crippen LogP contribution in [0.2, 0.25) is 0 Å². The zero-order valence-corrected chi connectivity index (χ0v) is 23.3. The fourth-order valence-corrected chi connectivity index (χ4v) is 5.85. The zero-order chi connectivity index (χ0) is 32.1. The molecule has 7 rings (SSSR count). The third-order valence-corrected chi connectivity index (χ3v) is 7.91. The fraction of sp³-hybridized carbons (Fsp3) is 0.222. The Morgan fingerprint density at radius 1 is 0.732 bits per heavy atom. The second-order valence-electron chi connectivity index (χ2n) is 10.7. The van der Waals surface area contributed by atoms with Crippen LogP contribution < -0.4 is 14.5 Å². The van der Waals surface area contributed by atoms with Crippen LogP contribution in [0.15, 0.2) is 97.2 Å². The van der Waals surface area contributed by atoms with E-state index >= 15 is 0 Å². The Hall–Kier alpha value is -4.64. The van der Waals surface area contributed by atoms with Crippen molar-refractivity contribution in [2.45, 2.75) is 39.5 Å². The molecular weight excluding hydrogens is 504 g/mol. The lowest BCUT2D eigenvalue weighted by molar-refractivity contribution is 0.481. The van der Waals surface area contributed by atoms with Crippen LogP contribution in [0, 0.1) is 13.8 Å². The van der Waals surface area contributed by atoms with E-state index in [4.69, 9.17) is 16.6 Å². The molecule has 2 aromatic heterocycles. The van der Waals surface area contributed by atoms with E-state index in [0.717, 1.165) is 78.8 Å². The van der Waals surface area contributed by atoms with Crippen molar-refractivity contribution in [1.82, 2.24) is 9.97 Å². The van der Waals surface area contributed by atoms with Gasteiger partial charge in [-0.05, 0) is 97.7 Å². The predicted octanol–water partition coefficient (Wildman–Crippen LogP) is 8.72. The van der Waals surface area contributed by atoms with Crippen molar-refractivity contribution in [2.24, 2.45) is 0 Å². The third kappa shape index (κ3) is 5.04. The normalized spacial score (nSPS) is 16.1. The van der Waals surface area contributed by atoms with Gasteiger partial charge in [0.15, 0.2) is 0 Å². The van der Waals surface area contributed by atoms with Gasteiger partial charge in [0.1, 0.15) is 23.1 Å². The molecule has 0 bridgehead atoms. The molecule has 0 amide bonds. The molecule has 41 heavy (non-hydrogen) atoms. The number of fused-ring (bicyclic) bond motifs is 2. The summed E-state index contributed by atoms with van der Waals surface area (Å²) in [5.41, 5.74) is 7.29. The maximum absolute atomic E-state index is 8.42. The topological polar surface area (TPSA) is 41.5 Å². The number of rotatable bonds is 5. The number of anilines is 4. The lowest BCUT2D eigenvalue weighted by Gasteiger charge is -2.32. The van der Waals surface area contributed by atoms with Crippen molar-refractivity contribution in [3.8, 4) is 22.6 Å². The Morgan fingerprint density at radius 2 is 1.37 bits per heavy atom. The SMILES string of the molecule is [2H]c1c([2H])c([2H])c(-c2cnc(N3CCCc4ccc(Oc5ccc6c(c5)N(c5cc(C)ccn5)CCC6)cc43)cc2C)c([2H])c1[2H]. The monoisotopic (exact) mass is 543 g/mol. The van der Waals surface area contributed by atoms with Crippen molar-refractivity contribution < 1.29 is 11.6 Å². The molecule has 0 atom stereocenters. The van der Waals surface area contributed by atoms with Crippen LogP contribution in [-0.4, -0.2) is 23.1 Å². The summed E-state index contributed by atoms with van der Waals surface area (Å²) in [6.07, 6.45) is 7.48. The van der Waals surface area contributed by atoms with Gasteiger partial charge in [-0.25, -0.2) is 9.97 Å². The Balaban J connectivity index is 1.19. The summed E-state index contributed by atoms with van der Waals surface area (Å²) >= 11 is 0. The second kappa shape index (κ2) is 10.7. The van der Waals surface area contributed by atoms with Gasteiger partial charge in [-0.15, -0.1) is 0 Å². The summed E-state index contributed by atoms with van der Waals surface area (Å²) in [5.74, 6) is 3.18. The van der Waals surface area contributed by atoms with Gasteiger partial charge in [-0.3, -0.25) is 0 Å². The van der Waals surface area contributed by atoms with E-state index in [-0.39, 0.29) is 29.7 Å². The van der Waals surface area contributed by atoms with E-state index in [0.29, 0.717) is 5.56 Å². The van der Waals surface area contributed by atoms with Crippen LogP contribution in [0.1, 0.15) is 41.9 Å². The van der Waals surface area contributed by atoms with Crippen molar-refractivity contribution >= 4 is 23.0 Å². The standard InChI is InChI=1S/C36H34N4O/c1-25-16-17-37-35(20-25)39-18-6-10-28-12-14-30(22-33(28)39)41-31-15-13-29-11-7-19-40(34(29)23-31)36-21-26(2)32(24-38-36)27-8-4-3-5-9-27/h3-5,8-9,12-17,20-24H,6-7,10-11,18-19H2,1-2H3/i3D,4D,5D,8D,9D. The molecule has 0 fully saturated rings. The number of nitrogens with zero attached hydrogens (tertiary/aromatic N) is 4. The van der Waals surface area contributed by atoms with Gasteiger partial charge in [-0.2, -0.15) is 0 Å². The predicted molar refractivity (Wildman–Crippen MR) is 167 cm³/mol. The highest BCUT2D eigenvalue weighted by Crippen LogP contribution is 2.40. The van der Waals surface area contributed by atoms with Gasteiger partial charge in [0, 0.05) is 54.6 Å². The highest BCUT2D eigenvalue weighted by atomic mass is 16.5. The number of hydrogen-bond acceptors (Lipinski definition) is 5. The molecule has 0 spiro atoms. The van der Waals surface area contributed by atoms with E-state index in [1.807, 2.05) is 37.4 Å². The summed E-state index contributed by atoms with van der Waals surface area (Å²) in [6, 6.07) is 17.0. The Morgan fingerprint density at radius 3 is 1.98 bits per heavy atom. The van der Waals surface area contributed by atoms with Crippen molar-refractivity contribution in [3.63, 3.8) is 0 Å². The largest absolute Gasteiger partial charge is 0.457 e. The minimum atomic E-state index is -0.403. The van der Waals surface area contributed by atoms with E-state index in [1.165, 1.54) is 16.7 Å². The summed E-state index contributed by atoms with van der Waals surface area (Å²) < 4.78 is 47.4. The summed E-state index contributed by atoms with van der Waals surface area (Å²) in [5, 5.41) is 0. The lowest BCUT2D eigenvalue weighted by atomic mass is 10.00. The van der Waals surface area contributed by atoms with E-state index < -0.39 is 6.04 Å². The number of aryl methyl sites for hydroxylation is 4. The quantitative estimate of drug-likeness (QED) is 0.222. The molecule has 5 nitrogen and oxygen atoms in total. The Bertz CT molecular complexity index is 1970. The molecule has 0 radical (unpaired) electrons. The minimum absolute atomic E-state index is 0.166. The molecule has 204 valence electrons. The van der Waals surface area contributed by atoms with Crippen LogP contribution in [0.25, 0.3) is 11.1 Å². The van der Waals surface area contributed by atoms with Gasteiger partial charge in [-0.1, -0.05) is 42.3 Å². The first-order valence-electron chi connectivity index (χ1n) is 16.6. The van der Waals surface area contributed by atoms with Crippen LogP contribution in [-0.2, 0) is 12.8 Å². The highest BCUT2D eigenvalue weighted by molar-refractivity contribution is 5.73. The van der Waals surface area contributed by atoms with Gasteiger partial charge in [0.25, 0.3) is 0 Å². The molecule has 0 unspecified atom stereocenters. The summed E-state index contributed by atoms with van der Waals surface area (Å²) in [7, 11) is 0. The van der Waals surface area contributed by atoms with Crippen LogP contribution in [0.3, 0.4) is 0 Å². The van der Waals surface area contributed by atoms with Crippen LogP contribution in [0.5, 0.6) is 11.5 Å². The van der Waals surface area contributed by atoms with Crippen molar-refractivity contribution in [1.29, 1.82) is 0 Å². The molecule has 2 aliphatic rings. The van der Waals surface area contributed by atoms with Crippen molar-refractivity contribution in [2.75, 3.05) is 22.9 Å². The first kappa shape index (κ1) is 20.3. The molecule has 5 aromatic rings. The van der Waals surface area contributed by atoms with E-state index in [1.54, 1.807) is 6.20 Å². The maximum atomic E-state index is 8.42. The molecule has 5 heteroatoms. The van der Waals surface area contributed by atoms with Gasteiger partial charge in [0.2, 0.25) is 0 Å². The number of hydrogen-bond donors (Lipinski definition) is 0. The average molecular weight is 544 g/mol. The molecular formula is C36H34N4O. The number of benzene rings is 3. The molecule has 4 heterocycles. The van der Waals surface area contributed by atoms with Crippen LogP contribution >= 0.6 is 0 Å². The summed E-state index contributed by atoms with van der Waals surface area (Å²) in [4.78, 5) is 13.8. The molecule has 0 saturated heterocycles. The first-order valence-corrected chi connectivity index (χ1v) is 14.1. The third-order valence-electron chi connectivity index (χ3n) is 7.91. The Kier molecular flexibility index (Phi) is 5.31. The molecule has 3 aromatic carbocycles. The average Bonchev–Trinajstić information content (AvgIpc) is 3.06. The van der Waals surface area contributed by atoms with E-state index in [2.05, 4.69) is 52.0 Å². The molecule has 0 saturated carbocycles. The number of aromatic nitrogens is 2. The summed E-state index contributed by atoms with van der Waals surface area (Å²) in [6.45, 7) is 5.65. The highest BCUT2D eigenvalue weighted by Gasteiger charge is 2.23. The van der Waals surface area contributed by atoms with Crippen molar-refractivity contribution in [3.05, 3.63) is 119 Å². The van der Waals surface area contributed by atoms with Gasteiger partial charge in [0.05, 0.1) is 6.85 Å².